The lowest BCUT2D eigenvalue weighted by Crippen LogP contribution is -2.22. The van der Waals surface area contributed by atoms with Crippen molar-refractivity contribution < 1.29 is 9.47 Å². The summed E-state index contributed by atoms with van der Waals surface area (Å²) in [7, 11) is 4.12. The van der Waals surface area contributed by atoms with Gasteiger partial charge in [-0.1, -0.05) is 19.9 Å². The second kappa shape index (κ2) is 5.89. The quantitative estimate of drug-likeness (QED) is 0.446. The van der Waals surface area contributed by atoms with Crippen LogP contribution in [0.4, 0.5) is 0 Å². The summed E-state index contributed by atoms with van der Waals surface area (Å²) in [6.07, 6.45) is 0. The number of rotatable bonds is 5. The summed E-state index contributed by atoms with van der Waals surface area (Å²) in [5.41, 5.74) is 0. The van der Waals surface area contributed by atoms with Crippen LogP contribution in [0.15, 0.2) is 0 Å². The normalized spacial score (nSPS) is 11.4. The third-order valence-corrected chi connectivity index (χ3v) is 2.98. The molecule has 60 valence electrons. The van der Waals surface area contributed by atoms with Crippen LogP contribution in [-0.2, 0) is 9.47 Å². The zero-order chi connectivity index (χ0) is 7.98. The number of hydrogen-bond acceptors (Lipinski definition) is 2. The van der Waals surface area contributed by atoms with Crippen LogP contribution in [0.1, 0.15) is 13.8 Å². The largest absolute Gasteiger partial charge is 0.360 e. The highest BCUT2D eigenvalue weighted by Gasteiger charge is 2.06. The van der Waals surface area contributed by atoms with E-state index in [1.165, 1.54) is 6.04 Å². The molecular weight excluding hydrogens is 144 g/mol. The molecule has 10 heavy (non-hydrogen) atoms. The summed E-state index contributed by atoms with van der Waals surface area (Å²) in [6.45, 7) is 4.41. The fourth-order valence-electron chi connectivity index (χ4n) is 0.595. The first-order valence-electron chi connectivity index (χ1n) is 3.49. The third-order valence-electron chi connectivity index (χ3n) is 1.12. The first-order valence-corrected chi connectivity index (χ1v) is 4.78. The predicted octanol–water partition coefficient (Wildman–Crippen LogP) is 1.34. The fourth-order valence-corrected chi connectivity index (χ4v) is 1.59. The van der Waals surface area contributed by atoms with Gasteiger partial charge in [0.05, 0.1) is 0 Å². The second-order valence-electron chi connectivity index (χ2n) is 2.61. The van der Waals surface area contributed by atoms with Crippen LogP contribution in [0.25, 0.3) is 0 Å². The minimum absolute atomic E-state index is 0.0161. The van der Waals surface area contributed by atoms with Crippen molar-refractivity contribution in [3.05, 3.63) is 0 Å². The summed E-state index contributed by atoms with van der Waals surface area (Å²) in [6, 6.07) is 1.19. The summed E-state index contributed by atoms with van der Waals surface area (Å²) in [4.78, 5) is 0. The number of methoxy groups -OCH3 is 2. The van der Waals surface area contributed by atoms with Crippen molar-refractivity contribution in [1.29, 1.82) is 0 Å². The second-order valence-corrected chi connectivity index (χ2v) is 3.89. The molecule has 0 unspecified atom stereocenters. The highest BCUT2D eigenvalue weighted by atomic mass is 28.2. The molecule has 0 bridgehead atoms. The molecule has 0 saturated heterocycles. The van der Waals surface area contributed by atoms with E-state index in [1.54, 1.807) is 14.2 Å². The minimum atomic E-state index is 0.0161. The van der Waals surface area contributed by atoms with Crippen molar-refractivity contribution >= 4 is 9.52 Å². The first-order chi connectivity index (χ1) is 4.70. The van der Waals surface area contributed by atoms with E-state index < -0.39 is 0 Å². The average molecular weight is 160 g/mol. The van der Waals surface area contributed by atoms with E-state index in [2.05, 4.69) is 13.8 Å². The van der Waals surface area contributed by atoms with Gasteiger partial charge in [0, 0.05) is 14.2 Å². The van der Waals surface area contributed by atoms with Gasteiger partial charge in [-0.25, -0.2) is 0 Å². The molecule has 0 aliphatic rings. The fraction of sp³-hybridized carbons (Fsp3) is 1.00. The van der Waals surface area contributed by atoms with E-state index in [9.17, 15) is 0 Å². The topological polar surface area (TPSA) is 18.5 Å². The van der Waals surface area contributed by atoms with E-state index in [0.717, 1.165) is 15.4 Å². The lowest BCUT2D eigenvalue weighted by atomic mass is 10.3. The Morgan fingerprint density at radius 3 is 2.00 bits per heavy atom. The Kier molecular flexibility index (Phi) is 5.97. The monoisotopic (exact) mass is 160 g/mol. The van der Waals surface area contributed by atoms with Crippen LogP contribution in [0.5, 0.6) is 0 Å². The Hall–Kier alpha value is 0.137. The molecule has 0 aromatic carbocycles. The van der Waals surface area contributed by atoms with Crippen LogP contribution in [0.2, 0.25) is 6.04 Å². The highest BCUT2D eigenvalue weighted by molar-refractivity contribution is 6.36. The molecule has 0 aromatic heterocycles. The number of ether oxygens (including phenoxy) is 2. The Labute approximate surface area is 65.7 Å². The van der Waals surface area contributed by atoms with Gasteiger partial charge in [0.1, 0.15) is 15.4 Å². The zero-order valence-corrected chi connectivity index (χ0v) is 8.18. The minimum Gasteiger partial charge on any atom is -0.360 e. The summed E-state index contributed by atoms with van der Waals surface area (Å²) >= 11 is 0. The maximum absolute atomic E-state index is 5.04. The average Bonchev–Trinajstić information content (AvgIpc) is 1.90. The number of hydrogen-bond donors (Lipinski definition) is 0. The maximum atomic E-state index is 5.04. The van der Waals surface area contributed by atoms with Crippen LogP contribution in [0, 0.1) is 5.92 Å². The highest BCUT2D eigenvalue weighted by Crippen LogP contribution is 2.01. The molecule has 0 N–H and O–H groups in total. The molecule has 0 aromatic rings. The molecule has 2 radical (unpaired) electrons. The van der Waals surface area contributed by atoms with Gasteiger partial charge in [-0.3, -0.25) is 0 Å². The molecule has 0 heterocycles. The lowest BCUT2D eigenvalue weighted by Gasteiger charge is -2.12. The maximum Gasteiger partial charge on any atom is 0.136 e. The molecule has 0 amide bonds. The van der Waals surface area contributed by atoms with Crippen molar-refractivity contribution in [2.75, 3.05) is 14.2 Å². The van der Waals surface area contributed by atoms with Gasteiger partial charge in [0.15, 0.2) is 0 Å². The van der Waals surface area contributed by atoms with Crippen molar-refractivity contribution in [2.45, 2.75) is 25.8 Å². The van der Waals surface area contributed by atoms with Crippen LogP contribution in [0.3, 0.4) is 0 Å². The van der Waals surface area contributed by atoms with Gasteiger partial charge >= 0.3 is 0 Å². The van der Waals surface area contributed by atoms with E-state index in [-0.39, 0.29) is 5.91 Å². The van der Waals surface area contributed by atoms with Gasteiger partial charge in [0.25, 0.3) is 0 Å². The third kappa shape index (κ3) is 4.96. The van der Waals surface area contributed by atoms with Gasteiger partial charge in [0.2, 0.25) is 0 Å². The van der Waals surface area contributed by atoms with Crippen LogP contribution < -0.4 is 0 Å². The lowest BCUT2D eigenvalue weighted by molar-refractivity contribution is -0.0443. The van der Waals surface area contributed by atoms with Gasteiger partial charge < -0.3 is 9.47 Å². The van der Waals surface area contributed by atoms with Crippen molar-refractivity contribution in [3.8, 4) is 0 Å². The summed E-state index contributed by atoms with van der Waals surface area (Å²) < 4.78 is 10.1. The van der Waals surface area contributed by atoms with Crippen LogP contribution in [-0.4, -0.2) is 29.7 Å². The molecule has 0 atom stereocenters. The van der Waals surface area contributed by atoms with Crippen molar-refractivity contribution in [1.82, 2.24) is 0 Å². The van der Waals surface area contributed by atoms with E-state index >= 15 is 0 Å². The van der Waals surface area contributed by atoms with E-state index in [4.69, 9.17) is 9.47 Å². The Morgan fingerprint density at radius 2 is 1.70 bits per heavy atom. The Morgan fingerprint density at radius 1 is 1.20 bits per heavy atom. The molecule has 3 heteroatoms. The van der Waals surface area contributed by atoms with Crippen molar-refractivity contribution in [3.63, 3.8) is 0 Å². The molecule has 0 aliphatic carbocycles. The SMILES string of the molecule is COC(OC)[Si]CC(C)C. The first kappa shape index (κ1) is 10.1. The van der Waals surface area contributed by atoms with Crippen molar-refractivity contribution in [2.24, 2.45) is 5.92 Å². The molecule has 0 rings (SSSR count). The molecule has 0 spiro atoms. The molecule has 0 saturated carbocycles. The molecule has 0 fully saturated rings. The Balaban J connectivity index is 3.26. The zero-order valence-electron chi connectivity index (χ0n) is 7.18. The van der Waals surface area contributed by atoms with Gasteiger partial charge in [-0.15, -0.1) is 0 Å². The summed E-state index contributed by atoms with van der Waals surface area (Å²) in [5.74, 6) is 0.758. The Bertz CT molecular complexity index is 72.0. The van der Waals surface area contributed by atoms with Crippen LogP contribution >= 0.6 is 0 Å². The molecule has 0 aliphatic heterocycles. The molecular formula is C7H16O2Si. The predicted molar refractivity (Wildman–Crippen MR) is 43.2 cm³/mol. The van der Waals surface area contributed by atoms with E-state index in [0.29, 0.717) is 0 Å². The summed E-state index contributed by atoms with van der Waals surface area (Å²) in [5, 5.41) is 0. The smallest absolute Gasteiger partial charge is 0.136 e. The van der Waals surface area contributed by atoms with Gasteiger partial charge in [-0.05, 0) is 5.92 Å². The molecule has 2 nitrogen and oxygen atoms in total. The van der Waals surface area contributed by atoms with Gasteiger partial charge in [-0.2, -0.15) is 0 Å². The van der Waals surface area contributed by atoms with E-state index in [1.807, 2.05) is 0 Å². The standard InChI is InChI=1S/C7H16O2Si/c1-6(2)5-10-7(8-3)9-4/h6-7H,5H2,1-4H3.